The molecule has 0 saturated carbocycles. The number of benzene rings is 3. The SMILES string of the molecule is N#C/C(=C\c1cc(Br)ccc1Cc1ccccc1Br)C(=O)Nc1ccc(O)cc1. The number of amides is 1. The average Bonchev–Trinajstić information content (AvgIpc) is 2.71. The lowest BCUT2D eigenvalue weighted by Gasteiger charge is -2.10. The molecule has 29 heavy (non-hydrogen) atoms. The van der Waals surface area contributed by atoms with Crippen LogP contribution in [0.1, 0.15) is 16.7 Å². The molecule has 0 heterocycles. The van der Waals surface area contributed by atoms with E-state index < -0.39 is 5.91 Å². The Kier molecular flexibility index (Phi) is 6.86. The zero-order valence-electron chi connectivity index (χ0n) is 15.2. The number of phenolic OH excluding ortho intramolecular Hbond substituents is 1. The molecule has 0 bridgehead atoms. The fraction of sp³-hybridized carbons (Fsp3) is 0.0435. The second-order valence-electron chi connectivity index (χ2n) is 6.28. The van der Waals surface area contributed by atoms with Crippen LogP contribution in [0.3, 0.4) is 0 Å². The predicted molar refractivity (Wildman–Crippen MR) is 121 cm³/mol. The molecule has 3 aromatic carbocycles. The van der Waals surface area contributed by atoms with E-state index in [-0.39, 0.29) is 11.3 Å². The number of nitrogens with zero attached hydrogens (tertiary/aromatic N) is 1. The summed E-state index contributed by atoms with van der Waals surface area (Å²) in [5.74, 6) is -0.407. The minimum atomic E-state index is -0.509. The lowest BCUT2D eigenvalue weighted by atomic mass is 9.98. The number of carbonyl (C=O) groups is 1. The van der Waals surface area contributed by atoms with Gasteiger partial charge in [-0.25, -0.2) is 0 Å². The van der Waals surface area contributed by atoms with Crippen molar-refractivity contribution in [3.63, 3.8) is 0 Å². The van der Waals surface area contributed by atoms with Crippen molar-refractivity contribution in [1.82, 2.24) is 0 Å². The number of anilines is 1. The highest BCUT2D eigenvalue weighted by Crippen LogP contribution is 2.25. The van der Waals surface area contributed by atoms with Gasteiger partial charge in [0.25, 0.3) is 5.91 Å². The first-order chi connectivity index (χ1) is 14.0. The molecule has 0 saturated heterocycles. The van der Waals surface area contributed by atoms with Crippen LogP contribution < -0.4 is 5.32 Å². The molecule has 144 valence electrons. The summed E-state index contributed by atoms with van der Waals surface area (Å²) in [6.07, 6.45) is 2.24. The molecule has 1 amide bonds. The van der Waals surface area contributed by atoms with Gasteiger partial charge >= 0.3 is 0 Å². The number of hydrogen-bond donors (Lipinski definition) is 2. The standard InChI is InChI=1S/C23H16Br2N2O2/c24-19-6-5-15(11-16-3-1-2-4-22(16)25)17(13-19)12-18(14-26)23(29)27-20-7-9-21(28)10-8-20/h1-10,12-13,28H,11H2,(H,27,29)/b18-12+. The van der Waals surface area contributed by atoms with Gasteiger partial charge in [0.05, 0.1) is 0 Å². The van der Waals surface area contributed by atoms with Gasteiger partial charge in [0.1, 0.15) is 17.4 Å². The summed E-state index contributed by atoms with van der Waals surface area (Å²) in [4.78, 5) is 12.6. The van der Waals surface area contributed by atoms with E-state index in [1.165, 1.54) is 12.1 Å². The van der Waals surface area contributed by atoms with Crippen molar-refractivity contribution in [3.8, 4) is 11.8 Å². The van der Waals surface area contributed by atoms with Crippen LogP contribution in [0.5, 0.6) is 5.75 Å². The molecule has 3 rings (SSSR count). The van der Waals surface area contributed by atoms with Crippen LogP contribution in [0, 0.1) is 11.3 Å². The van der Waals surface area contributed by atoms with Gasteiger partial charge in [-0.2, -0.15) is 5.26 Å². The Morgan fingerprint density at radius 2 is 1.76 bits per heavy atom. The third-order valence-corrected chi connectivity index (χ3v) is 5.50. The third-order valence-electron chi connectivity index (χ3n) is 4.24. The van der Waals surface area contributed by atoms with Crippen LogP contribution >= 0.6 is 31.9 Å². The second kappa shape index (κ2) is 9.55. The van der Waals surface area contributed by atoms with Crippen LogP contribution in [0.4, 0.5) is 5.69 Å². The summed E-state index contributed by atoms with van der Waals surface area (Å²) in [5.41, 5.74) is 3.37. The van der Waals surface area contributed by atoms with E-state index in [2.05, 4.69) is 37.2 Å². The number of hydrogen-bond acceptors (Lipinski definition) is 3. The number of phenols is 1. The Balaban J connectivity index is 1.91. The van der Waals surface area contributed by atoms with Crippen molar-refractivity contribution in [2.45, 2.75) is 6.42 Å². The molecule has 0 spiro atoms. The normalized spacial score (nSPS) is 11.0. The zero-order valence-corrected chi connectivity index (χ0v) is 18.4. The molecule has 0 aliphatic carbocycles. The van der Waals surface area contributed by atoms with Crippen molar-refractivity contribution < 1.29 is 9.90 Å². The van der Waals surface area contributed by atoms with Crippen LogP contribution in [-0.4, -0.2) is 11.0 Å². The summed E-state index contributed by atoms with van der Waals surface area (Å²) in [6.45, 7) is 0. The highest BCUT2D eigenvalue weighted by Gasteiger charge is 2.12. The molecule has 0 aliphatic rings. The molecule has 2 N–H and O–H groups in total. The van der Waals surface area contributed by atoms with Gasteiger partial charge < -0.3 is 10.4 Å². The maximum atomic E-state index is 12.6. The summed E-state index contributed by atoms with van der Waals surface area (Å²) in [6, 6.07) is 21.8. The minimum Gasteiger partial charge on any atom is -0.508 e. The Morgan fingerprint density at radius 3 is 2.45 bits per heavy atom. The number of rotatable bonds is 5. The highest BCUT2D eigenvalue weighted by atomic mass is 79.9. The van der Waals surface area contributed by atoms with Crippen LogP contribution in [0.25, 0.3) is 6.08 Å². The number of halogens is 2. The van der Waals surface area contributed by atoms with Gasteiger partial charge in [0, 0.05) is 14.6 Å². The monoisotopic (exact) mass is 510 g/mol. The lowest BCUT2D eigenvalue weighted by Crippen LogP contribution is -2.13. The summed E-state index contributed by atoms with van der Waals surface area (Å²) >= 11 is 7.02. The van der Waals surface area contributed by atoms with E-state index in [4.69, 9.17) is 0 Å². The summed E-state index contributed by atoms with van der Waals surface area (Å²) < 4.78 is 1.86. The van der Waals surface area contributed by atoms with Gasteiger partial charge in [-0.3, -0.25) is 4.79 Å². The average molecular weight is 512 g/mol. The largest absolute Gasteiger partial charge is 0.508 e. The summed E-state index contributed by atoms with van der Waals surface area (Å²) in [7, 11) is 0. The second-order valence-corrected chi connectivity index (χ2v) is 8.05. The van der Waals surface area contributed by atoms with Gasteiger partial charge in [-0.1, -0.05) is 56.1 Å². The molecular weight excluding hydrogens is 496 g/mol. The van der Waals surface area contributed by atoms with Crippen molar-refractivity contribution >= 4 is 49.5 Å². The number of carbonyl (C=O) groups excluding carboxylic acids is 1. The van der Waals surface area contributed by atoms with Crippen LogP contribution in [-0.2, 0) is 11.2 Å². The molecule has 0 radical (unpaired) electrons. The molecule has 0 aromatic heterocycles. The van der Waals surface area contributed by atoms with E-state index in [0.717, 1.165) is 25.6 Å². The van der Waals surface area contributed by atoms with E-state index in [1.54, 1.807) is 18.2 Å². The Hall–Kier alpha value is -2.88. The first kappa shape index (κ1) is 20.8. The fourth-order valence-electron chi connectivity index (χ4n) is 2.76. The minimum absolute atomic E-state index is 0.00967. The Bertz CT molecular complexity index is 1120. The molecule has 0 atom stereocenters. The molecule has 0 unspecified atom stereocenters. The van der Waals surface area contributed by atoms with Crippen molar-refractivity contribution in [3.05, 3.63) is 97.9 Å². The maximum Gasteiger partial charge on any atom is 0.266 e. The zero-order chi connectivity index (χ0) is 20.8. The summed E-state index contributed by atoms with van der Waals surface area (Å²) in [5, 5.41) is 21.6. The molecule has 6 heteroatoms. The van der Waals surface area contributed by atoms with Gasteiger partial charge in [-0.05, 0) is 71.7 Å². The van der Waals surface area contributed by atoms with E-state index in [0.29, 0.717) is 12.1 Å². The van der Waals surface area contributed by atoms with Crippen molar-refractivity contribution in [2.75, 3.05) is 5.32 Å². The Morgan fingerprint density at radius 1 is 1.03 bits per heavy atom. The third kappa shape index (κ3) is 5.57. The van der Waals surface area contributed by atoms with Gasteiger partial charge in [0.15, 0.2) is 0 Å². The first-order valence-corrected chi connectivity index (χ1v) is 10.3. The van der Waals surface area contributed by atoms with Gasteiger partial charge in [0.2, 0.25) is 0 Å². The number of nitrogens with one attached hydrogen (secondary N) is 1. The predicted octanol–water partition coefficient (Wildman–Crippen LogP) is 6.05. The molecule has 3 aromatic rings. The number of nitriles is 1. The topological polar surface area (TPSA) is 73.1 Å². The number of aromatic hydroxyl groups is 1. The molecular formula is C23H16Br2N2O2. The van der Waals surface area contributed by atoms with E-state index >= 15 is 0 Å². The van der Waals surface area contributed by atoms with Crippen LogP contribution in [0.2, 0.25) is 0 Å². The molecule has 0 fully saturated rings. The molecule has 4 nitrogen and oxygen atoms in total. The highest BCUT2D eigenvalue weighted by molar-refractivity contribution is 9.10. The van der Waals surface area contributed by atoms with Crippen LogP contribution in [0.15, 0.2) is 81.2 Å². The van der Waals surface area contributed by atoms with Crippen molar-refractivity contribution in [2.24, 2.45) is 0 Å². The molecule has 0 aliphatic heterocycles. The van der Waals surface area contributed by atoms with Crippen molar-refractivity contribution in [1.29, 1.82) is 5.26 Å². The quantitative estimate of drug-likeness (QED) is 0.248. The Labute approximate surface area is 185 Å². The maximum absolute atomic E-state index is 12.6. The smallest absolute Gasteiger partial charge is 0.266 e. The van der Waals surface area contributed by atoms with E-state index in [9.17, 15) is 15.2 Å². The fourth-order valence-corrected chi connectivity index (χ4v) is 3.56. The lowest BCUT2D eigenvalue weighted by molar-refractivity contribution is -0.112. The van der Waals surface area contributed by atoms with E-state index in [1.807, 2.05) is 48.5 Å². The van der Waals surface area contributed by atoms with Gasteiger partial charge in [-0.15, -0.1) is 0 Å². The first-order valence-electron chi connectivity index (χ1n) is 8.70.